The molecule has 5 atom stereocenters. The molecule has 0 aliphatic carbocycles. The van der Waals surface area contributed by atoms with Crippen LogP contribution in [-0.2, 0) is 26.3 Å². The van der Waals surface area contributed by atoms with E-state index in [1.54, 1.807) is 0 Å². The average molecular weight is 299 g/mol. The minimum absolute atomic E-state index is 0.302. The summed E-state index contributed by atoms with van der Waals surface area (Å²) in [6.45, 7) is 3.48. The molecule has 2 unspecified atom stereocenters. The highest BCUT2D eigenvalue weighted by molar-refractivity contribution is 7.75. The molecule has 1 aromatic rings. The number of hydrogen-bond acceptors (Lipinski definition) is 4. The Hall–Kier alpha value is -0.820. The summed E-state index contributed by atoms with van der Waals surface area (Å²) in [6.07, 6.45) is -1.72. The number of halogens is 1. The minimum Gasteiger partial charge on any atom is -0.296 e. The fourth-order valence-corrected chi connectivity index (χ4v) is 3.79. The first-order chi connectivity index (χ1) is 9.63. The van der Waals surface area contributed by atoms with Crippen molar-refractivity contribution < 1.29 is 17.0 Å². The van der Waals surface area contributed by atoms with Gasteiger partial charge in [0.05, 0.1) is 0 Å². The molecular formula is C14H18FNO3S. The molecule has 0 bridgehead atoms. The molecule has 2 saturated heterocycles. The second-order valence-corrected chi connectivity index (χ2v) is 6.21. The zero-order chi connectivity index (χ0) is 14.1. The van der Waals surface area contributed by atoms with Gasteiger partial charge >= 0.3 is 11.4 Å². The molecule has 2 aliphatic rings. The molecular weight excluding hydrogens is 281 g/mol. The quantitative estimate of drug-likeness (QED) is 0.854. The van der Waals surface area contributed by atoms with Crippen molar-refractivity contribution in [3.63, 3.8) is 0 Å². The van der Waals surface area contributed by atoms with Crippen LogP contribution in [0.5, 0.6) is 0 Å². The van der Waals surface area contributed by atoms with Crippen molar-refractivity contribution in [2.45, 2.75) is 31.8 Å². The number of piperidine rings is 1. The van der Waals surface area contributed by atoms with Gasteiger partial charge in [-0.15, -0.1) is 0 Å². The molecule has 2 aliphatic heterocycles. The number of alkyl halides is 1. The lowest BCUT2D eigenvalue weighted by molar-refractivity contribution is -0.0235. The van der Waals surface area contributed by atoms with Crippen LogP contribution in [0.3, 0.4) is 0 Å². The predicted octanol–water partition coefficient (Wildman–Crippen LogP) is 1.84. The third-order valence-electron chi connectivity index (χ3n) is 3.93. The van der Waals surface area contributed by atoms with E-state index in [1.807, 2.05) is 30.3 Å². The smallest absolute Gasteiger partial charge is 0.296 e. The van der Waals surface area contributed by atoms with Gasteiger partial charge in [-0.1, -0.05) is 30.3 Å². The number of fused-ring (bicyclic) bond motifs is 1. The average Bonchev–Trinajstić information content (AvgIpc) is 2.79. The Bertz CT molecular complexity index is 485. The standard InChI is InChI=1S/C14H18FNO3S/c1-10(15)12-8-16(7-11-5-3-2-4-6-11)9-13-14(12)19-20(17)18-13/h2-6,10,12-14H,7-9H2,1H3/t10?,12-,13-,14-,20?/m1/s1. The molecule has 0 spiro atoms. The van der Waals surface area contributed by atoms with E-state index in [9.17, 15) is 8.60 Å². The van der Waals surface area contributed by atoms with Crippen LogP contribution in [0.1, 0.15) is 12.5 Å². The van der Waals surface area contributed by atoms with E-state index in [0.29, 0.717) is 13.1 Å². The highest BCUT2D eigenvalue weighted by Crippen LogP contribution is 2.33. The van der Waals surface area contributed by atoms with Crippen LogP contribution < -0.4 is 0 Å². The molecule has 4 nitrogen and oxygen atoms in total. The van der Waals surface area contributed by atoms with Gasteiger partial charge in [0.25, 0.3) is 0 Å². The van der Waals surface area contributed by atoms with Crippen LogP contribution in [0.15, 0.2) is 30.3 Å². The van der Waals surface area contributed by atoms with Gasteiger partial charge in [0.15, 0.2) is 0 Å². The fraction of sp³-hybridized carbons (Fsp3) is 0.571. The third kappa shape index (κ3) is 2.93. The first-order valence-corrected chi connectivity index (χ1v) is 7.80. The molecule has 0 saturated carbocycles. The summed E-state index contributed by atoms with van der Waals surface area (Å²) in [5, 5.41) is 0. The number of nitrogens with zero attached hydrogens (tertiary/aromatic N) is 1. The Kier molecular flexibility index (Phi) is 4.16. The minimum atomic E-state index is -1.73. The predicted molar refractivity (Wildman–Crippen MR) is 73.7 cm³/mol. The molecule has 2 fully saturated rings. The fourth-order valence-electron chi connectivity index (χ4n) is 2.92. The van der Waals surface area contributed by atoms with E-state index in [0.717, 1.165) is 6.54 Å². The monoisotopic (exact) mass is 299 g/mol. The van der Waals surface area contributed by atoms with Crippen LogP contribution in [-0.4, -0.2) is 40.6 Å². The van der Waals surface area contributed by atoms with E-state index in [2.05, 4.69) is 4.90 Å². The topological polar surface area (TPSA) is 38.8 Å². The Morgan fingerprint density at radius 1 is 1.35 bits per heavy atom. The van der Waals surface area contributed by atoms with Gasteiger partial charge in [0.2, 0.25) is 0 Å². The van der Waals surface area contributed by atoms with E-state index >= 15 is 0 Å². The van der Waals surface area contributed by atoms with E-state index in [1.165, 1.54) is 12.5 Å². The zero-order valence-electron chi connectivity index (χ0n) is 11.3. The molecule has 0 radical (unpaired) electrons. The van der Waals surface area contributed by atoms with Crippen molar-refractivity contribution in [2.24, 2.45) is 5.92 Å². The van der Waals surface area contributed by atoms with Gasteiger partial charge < -0.3 is 0 Å². The van der Waals surface area contributed by atoms with E-state index in [4.69, 9.17) is 8.37 Å². The Morgan fingerprint density at radius 2 is 2.10 bits per heavy atom. The Morgan fingerprint density at radius 3 is 2.80 bits per heavy atom. The second-order valence-electron chi connectivity index (χ2n) is 5.42. The maximum atomic E-state index is 13.8. The van der Waals surface area contributed by atoms with Crippen LogP contribution in [0, 0.1) is 5.92 Å². The Labute approximate surface area is 120 Å². The lowest BCUT2D eigenvalue weighted by atomic mass is 9.89. The summed E-state index contributed by atoms with van der Waals surface area (Å²) in [6, 6.07) is 10.0. The molecule has 20 heavy (non-hydrogen) atoms. The highest BCUT2D eigenvalue weighted by atomic mass is 32.2. The first kappa shape index (κ1) is 14.1. The number of rotatable bonds is 3. The van der Waals surface area contributed by atoms with Crippen molar-refractivity contribution in [1.82, 2.24) is 4.90 Å². The van der Waals surface area contributed by atoms with Crippen molar-refractivity contribution in [1.29, 1.82) is 0 Å². The number of benzene rings is 1. The molecule has 2 heterocycles. The third-order valence-corrected chi connectivity index (χ3v) is 4.71. The van der Waals surface area contributed by atoms with Crippen molar-refractivity contribution in [2.75, 3.05) is 13.1 Å². The van der Waals surface area contributed by atoms with E-state index in [-0.39, 0.29) is 12.0 Å². The maximum absolute atomic E-state index is 13.8. The summed E-state index contributed by atoms with van der Waals surface area (Å²) in [5.41, 5.74) is 1.18. The summed E-state index contributed by atoms with van der Waals surface area (Å²) >= 11 is -1.73. The van der Waals surface area contributed by atoms with Crippen molar-refractivity contribution in [3.05, 3.63) is 35.9 Å². The second kappa shape index (κ2) is 5.89. The molecule has 0 N–H and O–H groups in total. The van der Waals surface area contributed by atoms with Crippen LogP contribution in [0.25, 0.3) is 0 Å². The van der Waals surface area contributed by atoms with Crippen LogP contribution >= 0.6 is 0 Å². The van der Waals surface area contributed by atoms with Crippen LogP contribution in [0.2, 0.25) is 0 Å². The van der Waals surface area contributed by atoms with Gasteiger partial charge in [-0.3, -0.25) is 13.3 Å². The van der Waals surface area contributed by atoms with Gasteiger partial charge in [0, 0.05) is 25.6 Å². The van der Waals surface area contributed by atoms with Gasteiger partial charge in [0.1, 0.15) is 18.4 Å². The van der Waals surface area contributed by atoms with Crippen LogP contribution in [0.4, 0.5) is 4.39 Å². The maximum Gasteiger partial charge on any atom is 0.305 e. The van der Waals surface area contributed by atoms with Crippen molar-refractivity contribution >= 4 is 11.4 Å². The molecule has 0 aromatic heterocycles. The zero-order valence-corrected chi connectivity index (χ0v) is 12.1. The van der Waals surface area contributed by atoms with Gasteiger partial charge in [-0.05, 0) is 12.5 Å². The van der Waals surface area contributed by atoms with Gasteiger partial charge in [-0.2, -0.15) is 4.21 Å². The summed E-state index contributed by atoms with van der Waals surface area (Å²) in [5.74, 6) is -0.302. The summed E-state index contributed by atoms with van der Waals surface area (Å²) in [7, 11) is 0. The molecule has 110 valence electrons. The number of hydrogen-bond donors (Lipinski definition) is 0. The normalized spacial score (nSPS) is 35.7. The summed E-state index contributed by atoms with van der Waals surface area (Å²) < 4.78 is 35.6. The molecule has 3 rings (SSSR count). The largest absolute Gasteiger partial charge is 0.305 e. The van der Waals surface area contributed by atoms with Crippen molar-refractivity contribution in [3.8, 4) is 0 Å². The Balaban J connectivity index is 1.73. The SMILES string of the molecule is CC(F)[C@H]1CN(Cc2ccccc2)C[C@H]2OS(=O)O[C@H]12. The molecule has 0 amide bonds. The van der Waals surface area contributed by atoms with Gasteiger partial charge in [-0.25, -0.2) is 4.39 Å². The number of likely N-dealkylation sites (tertiary alicyclic amines) is 1. The molecule has 1 aromatic carbocycles. The highest BCUT2D eigenvalue weighted by Gasteiger charge is 2.47. The van der Waals surface area contributed by atoms with E-state index < -0.39 is 23.6 Å². The first-order valence-electron chi connectivity index (χ1n) is 6.80. The molecule has 6 heteroatoms. The summed E-state index contributed by atoms with van der Waals surface area (Å²) in [4.78, 5) is 2.14. The lowest BCUT2D eigenvalue weighted by Gasteiger charge is -2.38. The lowest BCUT2D eigenvalue weighted by Crippen LogP contribution is -2.53.